The Labute approximate surface area is 205 Å². The maximum Gasteiger partial charge on any atom is 0.410 e. The molecule has 1 N–H and O–H groups in total. The molecule has 1 fully saturated rings. The van der Waals surface area contributed by atoms with Crippen LogP contribution in [0, 0.1) is 0 Å². The lowest BCUT2D eigenvalue weighted by molar-refractivity contribution is -0.115. The van der Waals surface area contributed by atoms with Crippen molar-refractivity contribution in [3.8, 4) is 5.69 Å². The van der Waals surface area contributed by atoms with Crippen molar-refractivity contribution in [3.63, 3.8) is 0 Å². The largest absolute Gasteiger partial charge is 0.444 e. The number of carbonyl (C=O) groups is 2. The predicted molar refractivity (Wildman–Crippen MR) is 135 cm³/mol. The van der Waals surface area contributed by atoms with E-state index in [0.29, 0.717) is 31.2 Å². The van der Waals surface area contributed by atoms with Crippen LogP contribution in [0.5, 0.6) is 0 Å². The number of rotatable bonds is 3. The van der Waals surface area contributed by atoms with Gasteiger partial charge in [0.1, 0.15) is 17.2 Å². The van der Waals surface area contributed by atoms with Crippen LogP contribution in [0.1, 0.15) is 76.2 Å². The number of pyridine rings is 1. The van der Waals surface area contributed by atoms with E-state index in [0.717, 1.165) is 41.0 Å². The number of imidazole rings is 1. The van der Waals surface area contributed by atoms with Crippen LogP contribution in [0.3, 0.4) is 0 Å². The minimum atomic E-state index is -0.480. The van der Waals surface area contributed by atoms with Crippen LogP contribution in [0.4, 0.5) is 10.6 Å². The zero-order valence-electron chi connectivity index (χ0n) is 21.1. The van der Waals surface area contributed by atoms with Crippen molar-refractivity contribution in [1.82, 2.24) is 19.4 Å². The zero-order chi connectivity index (χ0) is 24.9. The molecular weight excluding hydrogens is 442 g/mol. The molecule has 0 unspecified atom stereocenters. The number of hydrogen-bond donors (Lipinski definition) is 1. The summed E-state index contributed by atoms with van der Waals surface area (Å²) < 4.78 is 7.69. The summed E-state index contributed by atoms with van der Waals surface area (Å²) in [6.07, 6.45) is 3.73. The fourth-order valence-electron chi connectivity index (χ4n) is 4.97. The zero-order valence-corrected chi connectivity index (χ0v) is 21.1. The van der Waals surface area contributed by atoms with Gasteiger partial charge in [0.25, 0.3) is 0 Å². The van der Waals surface area contributed by atoms with Gasteiger partial charge in [0.05, 0.1) is 29.3 Å². The number of ether oxygens (including phenoxy) is 1. The Morgan fingerprint density at radius 2 is 1.91 bits per heavy atom. The van der Waals surface area contributed by atoms with E-state index in [1.54, 1.807) is 6.20 Å². The number of carbonyl (C=O) groups excluding carboxylic acids is 2. The summed E-state index contributed by atoms with van der Waals surface area (Å²) in [7, 11) is 0. The normalized spacial score (nSPS) is 16.6. The van der Waals surface area contributed by atoms with Gasteiger partial charge >= 0.3 is 6.09 Å². The second-order valence-electron chi connectivity index (χ2n) is 10.9. The number of likely N-dealkylation sites (tertiary alicyclic amines) is 1. The van der Waals surface area contributed by atoms with Crippen LogP contribution in [-0.4, -0.2) is 50.1 Å². The summed E-state index contributed by atoms with van der Waals surface area (Å²) in [5.74, 6) is 2.19. The van der Waals surface area contributed by atoms with Crippen molar-refractivity contribution >= 4 is 28.9 Å². The van der Waals surface area contributed by atoms with Gasteiger partial charge in [-0.25, -0.2) is 14.8 Å². The van der Waals surface area contributed by atoms with Gasteiger partial charge in [-0.15, -0.1) is 0 Å². The third kappa shape index (κ3) is 4.61. The Bertz CT molecular complexity index is 1300. The molecule has 35 heavy (non-hydrogen) atoms. The second-order valence-corrected chi connectivity index (χ2v) is 10.9. The van der Waals surface area contributed by atoms with E-state index in [2.05, 4.69) is 46.9 Å². The Kier molecular flexibility index (Phi) is 5.77. The van der Waals surface area contributed by atoms with Crippen molar-refractivity contribution in [1.29, 1.82) is 0 Å². The third-order valence-corrected chi connectivity index (χ3v) is 6.66. The molecule has 0 saturated carbocycles. The Morgan fingerprint density at radius 1 is 1.17 bits per heavy atom. The molecule has 0 radical (unpaired) electrons. The lowest BCUT2D eigenvalue weighted by Crippen LogP contribution is -2.41. The van der Waals surface area contributed by atoms with Gasteiger partial charge in [-0.3, -0.25) is 9.36 Å². The quantitative estimate of drug-likeness (QED) is 0.566. The number of nitrogens with one attached hydrogen (secondary N) is 1. The molecule has 0 atom stereocenters. The van der Waals surface area contributed by atoms with Crippen molar-refractivity contribution in [3.05, 3.63) is 47.4 Å². The lowest BCUT2D eigenvalue weighted by atomic mass is 9.89. The summed E-state index contributed by atoms with van der Waals surface area (Å²) in [5.41, 5.74) is 4.59. The average Bonchev–Trinajstić information content (AvgIpc) is 3.36. The maximum atomic E-state index is 12.4. The number of aromatic nitrogens is 3. The number of nitrogens with zero attached hydrogens (tertiary/aromatic N) is 4. The van der Waals surface area contributed by atoms with E-state index >= 15 is 0 Å². The molecule has 0 aliphatic carbocycles. The minimum absolute atomic E-state index is 0.0217. The highest BCUT2D eigenvalue weighted by Crippen LogP contribution is 2.34. The van der Waals surface area contributed by atoms with Crippen molar-refractivity contribution in [2.75, 3.05) is 18.4 Å². The molecule has 1 saturated heterocycles. The summed E-state index contributed by atoms with van der Waals surface area (Å²) >= 11 is 0. The van der Waals surface area contributed by atoms with E-state index in [9.17, 15) is 9.59 Å². The highest BCUT2D eigenvalue weighted by molar-refractivity contribution is 5.98. The molecule has 8 heteroatoms. The summed E-state index contributed by atoms with van der Waals surface area (Å²) in [5, 5.41) is 2.80. The number of fused-ring (bicyclic) bond motifs is 2. The molecular formula is C27H33N5O3. The topological polar surface area (TPSA) is 89.4 Å². The first kappa shape index (κ1) is 23.3. The van der Waals surface area contributed by atoms with E-state index in [-0.39, 0.29) is 17.9 Å². The highest BCUT2D eigenvalue weighted by Gasteiger charge is 2.28. The van der Waals surface area contributed by atoms with Crippen molar-refractivity contribution in [2.24, 2.45) is 0 Å². The summed E-state index contributed by atoms with van der Waals surface area (Å²) in [6, 6.07) is 8.55. The van der Waals surface area contributed by atoms with E-state index in [1.165, 1.54) is 5.56 Å². The monoisotopic (exact) mass is 475 g/mol. The lowest BCUT2D eigenvalue weighted by Gasteiger charge is -2.33. The fraction of sp³-hybridized carbons (Fsp3) is 0.481. The molecule has 4 heterocycles. The van der Waals surface area contributed by atoms with Crippen LogP contribution in [0.25, 0.3) is 16.7 Å². The smallest absolute Gasteiger partial charge is 0.410 e. The van der Waals surface area contributed by atoms with Crippen LogP contribution in [0.2, 0.25) is 0 Å². The van der Waals surface area contributed by atoms with E-state index in [4.69, 9.17) is 9.72 Å². The highest BCUT2D eigenvalue weighted by atomic mass is 16.6. The van der Waals surface area contributed by atoms with Crippen LogP contribution < -0.4 is 5.32 Å². The molecule has 5 rings (SSSR count). The van der Waals surface area contributed by atoms with Crippen LogP contribution in [0.15, 0.2) is 30.5 Å². The number of benzene rings is 1. The van der Waals surface area contributed by atoms with Gasteiger partial charge < -0.3 is 15.0 Å². The van der Waals surface area contributed by atoms with Gasteiger partial charge in [-0.1, -0.05) is 19.9 Å². The molecule has 2 amide bonds. The number of anilines is 1. The first-order chi connectivity index (χ1) is 16.6. The molecule has 2 aliphatic heterocycles. The second kappa shape index (κ2) is 8.66. The molecule has 0 bridgehead atoms. The number of piperidine rings is 1. The summed E-state index contributed by atoms with van der Waals surface area (Å²) in [4.78, 5) is 35.5. The van der Waals surface area contributed by atoms with Gasteiger partial charge in [-0.05, 0) is 63.3 Å². The van der Waals surface area contributed by atoms with Crippen molar-refractivity contribution in [2.45, 2.75) is 71.3 Å². The van der Waals surface area contributed by atoms with Crippen LogP contribution in [-0.2, 0) is 16.0 Å². The fourth-order valence-corrected chi connectivity index (χ4v) is 4.97. The molecule has 3 aromatic rings. The molecule has 184 valence electrons. The Balaban J connectivity index is 1.41. The maximum absolute atomic E-state index is 12.4. The molecule has 8 nitrogen and oxygen atoms in total. The van der Waals surface area contributed by atoms with Gasteiger partial charge in [0.15, 0.2) is 0 Å². The molecule has 1 aromatic carbocycles. The third-order valence-electron chi connectivity index (χ3n) is 6.66. The van der Waals surface area contributed by atoms with Gasteiger partial charge in [0.2, 0.25) is 5.91 Å². The van der Waals surface area contributed by atoms with Crippen LogP contribution >= 0.6 is 0 Å². The molecule has 0 spiro atoms. The van der Waals surface area contributed by atoms with E-state index in [1.807, 2.05) is 31.7 Å². The standard InChI is InChI=1S/C27H33N5O3/c1-16(2)25-29-21-13-18(17-8-10-31(11-9-17)26(34)35-27(3,4)5)6-7-22(21)32(25)20-12-19-14-23(33)30-24(19)28-15-20/h6-7,12-13,15-17H,8-11,14H2,1-5H3,(H,28,30,33). The number of hydrogen-bond acceptors (Lipinski definition) is 5. The average molecular weight is 476 g/mol. The Hall–Kier alpha value is -3.42. The number of amides is 2. The van der Waals surface area contributed by atoms with Gasteiger partial charge in [-0.2, -0.15) is 0 Å². The first-order valence-electron chi connectivity index (χ1n) is 12.4. The SMILES string of the molecule is CC(C)c1nc2cc(C3CCN(C(=O)OC(C)(C)C)CC3)ccc2n1-c1cnc2c(c1)CC(=O)N2. The first-order valence-corrected chi connectivity index (χ1v) is 12.4. The Morgan fingerprint density at radius 3 is 2.60 bits per heavy atom. The van der Waals surface area contributed by atoms with Crippen molar-refractivity contribution < 1.29 is 14.3 Å². The predicted octanol–water partition coefficient (Wildman–Crippen LogP) is 5.15. The van der Waals surface area contributed by atoms with E-state index < -0.39 is 5.60 Å². The molecule has 2 aromatic heterocycles. The molecule has 2 aliphatic rings. The summed E-state index contributed by atoms with van der Waals surface area (Å²) in [6.45, 7) is 11.3. The van der Waals surface area contributed by atoms with Gasteiger partial charge in [0, 0.05) is 24.6 Å². The minimum Gasteiger partial charge on any atom is -0.444 e.